The van der Waals surface area contributed by atoms with Gasteiger partial charge in [0.2, 0.25) is 0 Å². The number of H-pyrrole nitrogens is 1. The molecule has 0 aliphatic carbocycles. The van der Waals surface area contributed by atoms with Crippen LogP contribution in [0.1, 0.15) is 6.42 Å². The minimum absolute atomic E-state index is 0.0156. The van der Waals surface area contributed by atoms with Crippen molar-refractivity contribution in [3.63, 3.8) is 0 Å². The Morgan fingerprint density at radius 1 is 1.24 bits per heavy atom. The molecule has 2 N–H and O–H groups in total. The number of ether oxygens (including phenoxy) is 1. The minimum atomic E-state index is -0.873. The molecule has 0 aliphatic heterocycles. The van der Waals surface area contributed by atoms with E-state index in [1.54, 1.807) is 24.5 Å². The zero-order valence-electron chi connectivity index (χ0n) is 11.1. The highest BCUT2D eigenvalue weighted by Crippen LogP contribution is 2.22. The number of carboxylic acid groups (broad SMARTS) is 1. The van der Waals surface area contributed by atoms with Gasteiger partial charge in [0, 0.05) is 11.8 Å². The Labute approximate surface area is 120 Å². The molecule has 2 heterocycles. The first-order valence-corrected chi connectivity index (χ1v) is 6.47. The number of benzene rings is 1. The molecule has 6 heteroatoms. The summed E-state index contributed by atoms with van der Waals surface area (Å²) in [6.07, 6.45) is 3.42. The van der Waals surface area contributed by atoms with E-state index >= 15 is 0 Å². The fraction of sp³-hybridized carbons (Fsp3) is 0.133. The number of hydrogen-bond donors (Lipinski definition) is 2. The van der Waals surface area contributed by atoms with Crippen molar-refractivity contribution in [3.8, 4) is 17.1 Å². The second kappa shape index (κ2) is 5.62. The average molecular weight is 283 g/mol. The van der Waals surface area contributed by atoms with Gasteiger partial charge in [-0.25, -0.2) is 4.98 Å². The molecule has 0 bridgehead atoms. The second-order valence-electron chi connectivity index (χ2n) is 4.49. The van der Waals surface area contributed by atoms with Gasteiger partial charge in [0.25, 0.3) is 0 Å². The number of hydrogen-bond acceptors (Lipinski definition) is 4. The van der Waals surface area contributed by atoms with E-state index in [0.29, 0.717) is 5.75 Å². The highest BCUT2D eigenvalue weighted by Gasteiger charge is 2.05. The molecule has 0 radical (unpaired) electrons. The van der Waals surface area contributed by atoms with Crippen LogP contribution < -0.4 is 4.74 Å². The van der Waals surface area contributed by atoms with Crippen LogP contribution in [0.4, 0.5) is 0 Å². The molecule has 21 heavy (non-hydrogen) atoms. The standard InChI is InChI=1S/C15H13N3O3/c19-14(20)6-8-21-11-3-1-10(2-4-11)15-17-12-5-7-16-9-13(12)18-15/h1-5,7,9H,6,8H2,(H,17,18)(H,19,20). The fourth-order valence-corrected chi connectivity index (χ4v) is 1.96. The molecule has 3 rings (SSSR count). The van der Waals surface area contributed by atoms with Gasteiger partial charge in [0.05, 0.1) is 30.3 Å². The molecule has 106 valence electrons. The van der Waals surface area contributed by atoms with E-state index in [0.717, 1.165) is 22.4 Å². The summed E-state index contributed by atoms with van der Waals surface area (Å²) in [4.78, 5) is 22.1. The van der Waals surface area contributed by atoms with Crippen molar-refractivity contribution in [1.29, 1.82) is 0 Å². The zero-order valence-corrected chi connectivity index (χ0v) is 11.1. The summed E-state index contributed by atoms with van der Waals surface area (Å²) in [5.74, 6) is 0.523. The van der Waals surface area contributed by atoms with E-state index in [1.165, 1.54) is 0 Å². The van der Waals surface area contributed by atoms with Gasteiger partial charge in [-0.15, -0.1) is 0 Å². The third kappa shape index (κ3) is 3.00. The minimum Gasteiger partial charge on any atom is -0.493 e. The Kier molecular flexibility index (Phi) is 3.51. The Bertz CT molecular complexity index is 732. The van der Waals surface area contributed by atoms with Crippen LogP contribution in [0.15, 0.2) is 42.7 Å². The van der Waals surface area contributed by atoms with Gasteiger partial charge in [-0.1, -0.05) is 0 Å². The van der Waals surface area contributed by atoms with Crippen molar-refractivity contribution >= 4 is 17.0 Å². The highest BCUT2D eigenvalue weighted by molar-refractivity contribution is 5.78. The molecule has 3 aromatic rings. The summed E-state index contributed by atoms with van der Waals surface area (Å²) >= 11 is 0. The molecule has 0 fully saturated rings. The Hall–Kier alpha value is -2.89. The molecule has 1 aromatic carbocycles. The molecule has 0 spiro atoms. The molecule has 0 saturated heterocycles. The van der Waals surface area contributed by atoms with E-state index in [-0.39, 0.29) is 13.0 Å². The fourth-order valence-electron chi connectivity index (χ4n) is 1.96. The number of fused-ring (bicyclic) bond motifs is 1. The van der Waals surface area contributed by atoms with Crippen LogP contribution in [0, 0.1) is 0 Å². The molecule has 0 amide bonds. The van der Waals surface area contributed by atoms with Crippen LogP contribution >= 0.6 is 0 Å². The summed E-state index contributed by atoms with van der Waals surface area (Å²) in [6.45, 7) is 0.158. The SMILES string of the molecule is O=C(O)CCOc1ccc(-c2nc3ccncc3[nH]2)cc1. The van der Waals surface area contributed by atoms with E-state index < -0.39 is 5.97 Å². The molecule has 0 unspecified atom stereocenters. The number of aromatic amines is 1. The molecule has 0 atom stereocenters. The lowest BCUT2D eigenvalue weighted by Crippen LogP contribution is -2.04. The first kappa shape index (κ1) is 13.1. The monoisotopic (exact) mass is 283 g/mol. The largest absolute Gasteiger partial charge is 0.493 e. The number of carboxylic acids is 1. The number of pyridine rings is 1. The lowest BCUT2D eigenvalue weighted by Gasteiger charge is -2.04. The quantitative estimate of drug-likeness (QED) is 0.751. The zero-order chi connectivity index (χ0) is 14.7. The third-order valence-corrected chi connectivity index (χ3v) is 3.00. The first-order chi connectivity index (χ1) is 10.2. The van der Waals surface area contributed by atoms with E-state index in [2.05, 4.69) is 15.0 Å². The number of imidazole rings is 1. The van der Waals surface area contributed by atoms with Crippen LogP contribution in [0.3, 0.4) is 0 Å². The maximum atomic E-state index is 10.4. The maximum Gasteiger partial charge on any atom is 0.306 e. The number of aromatic nitrogens is 3. The normalized spacial score (nSPS) is 10.7. The maximum absolute atomic E-state index is 10.4. The number of carbonyl (C=O) groups is 1. The van der Waals surface area contributed by atoms with E-state index in [9.17, 15) is 4.79 Å². The van der Waals surface area contributed by atoms with E-state index in [1.807, 2.05) is 18.2 Å². The summed E-state index contributed by atoms with van der Waals surface area (Å²) in [6, 6.07) is 9.19. The molecule has 0 aliphatic rings. The Morgan fingerprint density at radius 2 is 2.05 bits per heavy atom. The van der Waals surface area contributed by atoms with Crippen LogP contribution in [0.25, 0.3) is 22.4 Å². The van der Waals surface area contributed by atoms with Gasteiger partial charge < -0.3 is 14.8 Å². The molecular weight excluding hydrogens is 270 g/mol. The van der Waals surface area contributed by atoms with Gasteiger partial charge in [0.15, 0.2) is 0 Å². The van der Waals surface area contributed by atoms with Gasteiger partial charge in [-0.3, -0.25) is 9.78 Å². The number of aliphatic carboxylic acids is 1. The topological polar surface area (TPSA) is 88.1 Å². The van der Waals surface area contributed by atoms with Gasteiger partial charge in [-0.05, 0) is 30.3 Å². The summed E-state index contributed by atoms with van der Waals surface area (Å²) in [5, 5.41) is 8.56. The van der Waals surface area contributed by atoms with Crippen molar-refractivity contribution in [2.24, 2.45) is 0 Å². The Morgan fingerprint density at radius 3 is 2.76 bits per heavy atom. The average Bonchev–Trinajstić information content (AvgIpc) is 2.91. The van der Waals surface area contributed by atoms with Crippen LogP contribution in [-0.2, 0) is 4.79 Å². The second-order valence-corrected chi connectivity index (χ2v) is 4.49. The summed E-state index contributed by atoms with van der Waals surface area (Å²) < 4.78 is 5.35. The van der Waals surface area contributed by atoms with Crippen molar-refractivity contribution < 1.29 is 14.6 Å². The molecule has 2 aromatic heterocycles. The smallest absolute Gasteiger partial charge is 0.306 e. The van der Waals surface area contributed by atoms with Crippen LogP contribution in [-0.4, -0.2) is 32.6 Å². The van der Waals surface area contributed by atoms with Gasteiger partial charge >= 0.3 is 5.97 Å². The number of rotatable bonds is 5. The van der Waals surface area contributed by atoms with Gasteiger partial charge in [0.1, 0.15) is 11.6 Å². The third-order valence-electron chi connectivity index (χ3n) is 3.00. The predicted molar refractivity (Wildman–Crippen MR) is 77.1 cm³/mol. The Balaban J connectivity index is 1.75. The molecule has 0 saturated carbocycles. The number of nitrogens with one attached hydrogen (secondary N) is 1. The van der Waals surface area contributed by atoms with Crippen molar-refractivity contribution in [2.75, 3.05) is 6.61 Å². The number of nitrogens with zero attached hydrogens (tertiary/aromatic N) is 2. The van der Waals surface area contributed by atoms with Gasteiger partial charge in [-0.2, -0.15) is 0 Å². The van der Waals surface area contributed by atoms with Crippen LogP contribution in [0.5, 0.6) is 5.75 Å². The first-order valence-electron chi connectivity index (χ1n) is 6.47. The van der Waals surface area contributed by atoms with Crippen molar-refractivity contribution in [2.45, 2.75) is 6.42 Å². The highest BCUT2D eigenvalue weighted by atomic mass is 16.5. The van der Waals surface area contributed by atoms with Crippen molar-refractivity contribution in [3.05, 3.63) is 42.7 Å². The lowest BCUT2D eigenvalue weighted by atomic mass is 10.2. The van der Waals surface area contributed by atoms with Crippen molar-refractivity contribution in [1.82, 2.24) is 15.0 Å². The molecule has 6 nitrogen and oxygen atoms in total. The summed E-state index contributed by atoms with van der Waals surface area (Å²) in [5.41, 5.74) is 2.67. The van der Waals surface area contributed by atoms with Crippen LogP contribution in [0.2, 0.25) is 0 Å². The lowest BCUT2D eigenvalue weighted by molar-refractivity contribution is -0.137. The molecular formula is C15H13N3O3. The predicted octanol–water partition coefficient (Wildman–Crippen LogP) is 2.48. The van der Waals surface area contributed by atoms with E-state index in [4.69, 9.17) is 9.84 Å². The summed E-state index contributed by atoms with van der Waals surface area (Å²) in [7, 11) is 0.